The third kappa shape index (κ3) is 3.21. The monoisotopic (exact) mass is 357 g/mol. The first-order valence-corrected chi connectivity index (χ1v) is 9.67. The van der Waals surface area contributed by atoms with Crippen LogP contribution in [0.15, 0.2) is 58.5 Å². The molecule has 27 heavy (non-hydrogen) atoms. The number of aromatic nitrogens is 1. The molecule has 0 radical (unpaired) electrons. The quantitative estimate of drug-likeness (QED) is 0.673. The van der Waals surface area contributed by atoms with Crippen molar-refractivity contribution in [3.8, 4) is 11.3 Å². The number of benzene rings is 2. The highest BCUT2D eigenvalue weighted by Gasteiger charge is 2.11. The number of rotatable bonds is 3. The predicted octanol–water partition coefficient (Wildman–Crippen LogP) is 3.31. The normalized spacial score (nSPS) is 17.0. The van der Waals surface area contributed by atoms with Gasteiger partial charge in [-0.05, 0) is 30.5 Å². The molecule has 3 aromatic rings. The van der Waals surface area contributed by atoms with Crippen LogP contribution in [0.1, 0.15) is 24.0 Å². The van der Waals surface area contributed by atoms with E-state index in [9.17, 15) is 0 Å². The summed E-state index contributed by atoms with van der Waals surface area (Å²) >= 11 is 0. The molecule has 0 spiro atoms. The van der Waals surface area contributed by atoms with Gasteiger partial charge in [0.25, 0.3) is 0 Å². The summed E-state index contributed by atoms with van der Waals surface area (Å²) in [6.45, 7) is 3.82. The molecule has 0 saturated heterocycles. The second-order valence-electron chi connectivity index (χ2n) is 7.08. The summed E-state index contributed by atoms with van der Waals surface area (Å²) in [4.78, 5) is 12.7. The Labute approximate surface area is 158 Å². The van der Waals surface area contributed by atoms with Gasteiger partial charge in [-0.3, -0.25) is 9.98 Å². The van der Waals surface area contributed by atoms with Gasteiger partial charge in [-0.15, -0.1) is 0 Å². The van der Waals surface area contributed by atoms with Gasteiger partial charge in [0.1, 0.15) is 11.7 Å². The molecular weight excluding hydrogens is 334 g/mol. The molecule has 0 fully saturated rings. The van der Waals surface area contributed by atoms with Crippen LogP contribution in [0.2, 0.25) is 0 Å². The van der Waals surface area contributed by atoms with Gasteiger partial charge in [0.2, 0.25) is 0 Å². The lowest BCUT2D eigenvalue weighted by Crippen LogP contribution is -2.30. The van der Waals surface area contributed by atoms with Crippen molar-refractivity contribution in [3.05, 3.63) is 59.7 Å². The van der Waals surface area contributed by atoms with Crippen molar-refractivity contribution in [2.24, 2.45) is 9.98 Å². The van der Waals surface area contributed by atoms with Crippen molar-refractivity contribution in [1.29, 1.82) is 0 Å². The van der Waals surface area contributed by atoms with Crippen molar-refractivity contribution in [3.63, 3.8) is 0 Å². The van der Waals surface area contributed by atoms with Crippen molar-refractivity contribution in [2.75, 3.05) is 26.2 Å². The molecule has 1 aromatic heterocycles. The molecule has 0 aliphatic carbocycles. The van der Waals surface area contributed by atoms with Gasteiger partial charge in [-0.25, -0.2) is 0 Å². The van der Waals surface area contributed by atoms with Crippen molar-refractivity contribution >= 4 is 22.6 Å². The molecule has 5 heteroatoms. The van der Waals surface area contributed by atoms with Gasteiger partial charge >= 0.3 is 0 Å². The molecule has 0 atom stereocenters. The Hall–Kier alpha value is -3.08. The number of nitrogens with one attached hydrogen (secondary N) is 3. The summed E-state index contributed by atoms with van der Waals surface area (Å²) in [5.41, 5.74) is 5.75. The van der Waals surface area contributed by atoms with Crippen LogP contribution in [0.3, 0.4) is 0 Å². The fourth-order valence-corrected chi connectivity index (χ4v) is 3.69. The molecule has 0 unspecified atom stereocenters. The van der Waals surface area contributed by atoms with Gasteiger partial charge < -0.3 is 15.6 Å². The van der Waals surface area contributed by atoms with E-state index in [0.29, 0.717) is 0 Å². The minimum Gasteiger partial charge on any atom is -0.370 e. The van der Waals surface area contributed by atoms with Crippen LogP contribution in [-0.2, 0) is 0 Å². The summed E-state index contributed by atoms with van der Waals surface area (Å²) in [5.74, 6) is 2.01. The minimum absolute atomic E-state index is 0.906. The Morgan fingerprint density at radius 3 is 1.96 bits per heavy atom. The first-order valence-electron chi connectivity index (χ1n) is 9.67. The number of hydrogen-bond donors (Lipinski definition) is 3. The first kappa shape index (κ1) is 16.1. The number of amidine groups is 2. The van der Waals surface area contributed by atoms with E-state index in [4.69, 9.17) is 0 Å². The number of hydrogen-bond acceptors (Lipinski definition) is 4. The second kappa shape index (κ2) is 6.91. The van der Waals surface area contributed by atoms with Crippen LogP contribution < -0.4 is 10.6 Å². The highest BCUT2D eigenvalue weighted by Crippen LogP contribution is 2.25. The van der Waals surface area contributed by atoms with Gasteiger partial charge in [0.15, 0.2) is 0 Å². The van der Waals surface area contributed by atoms with E-state index in [0.717, 1.165) is 73.0 Å². The number of nitrogens with zero attached hydrogens (tertiary/aromatic N) is 2. The van der Waals surface area contributed by atoms with Crippen LogP contribution in [0.5, 0.6) is 0 Å². The molecule has 5 rings (SSSR count). The highest BCUT2D eigenvalue weighted by molar-refractivity contribution is 6.02. The maximum Gasteiger partial charge on any atom is 0.128 e. The Morgan fingerprint density at radius 1 is 0.667 bits per heavy atom. The molecule has 3 N–H and O–H groups in total. The molecule has 2 aliphatic heterocycles. The fraction of sp³-hybridized carbons (Fsp3) is 0.273. The van der Waals surface area contributed by atoms with E-state index in [1.54, 1.807) is 0 Å². The Kier molecular flexibility index (Phi) is 4.13. The lowest BCUT2D eigenvalue weighted by Gasteiger charge is -2.14. The standard InChI is InChI=1S/C22H23N5/c1-9-23-21(24-10-1)16-5-3-15(4-6-16)19-13-17-7-8-18(14-20(17)27-19)22-25-11-2-12-26-22/h3-8,13-14,27H,1-2,9-12H2,(H,23,24)(H,25,26). The summed E-state index contributed by atoms with van der Waals surface area (Å²) in [6.07, 6.45) is 2.22. The van der Waals surface area contributed by atoms with Gasteiger partial charge in [0.05, 0.1) is 0 Å². The van der Waals surface area contributed by atoms with Crippen LogP contribution in [0, 0.1) is 0 Å². The summed E-state index contributed by atoms with van der Waals surface area (Å²) in [6, 6.07) is 17.3. The van der Waals surface area contributed by atoms with E-state index < -0.39 is 0 Å². The minimum atomic E-state index is 0.906. The van der Waals surface area contributed by atoms with Crippen LogP contribution in [-0.4, -0.2) is 42.8 Å². The maximum absolute atomic E-state index is 4.60. The predicted molar refractivity (Wildman–Crippen MR) is 112 cm³/mol. The average molecular weight is 357 g/mol. The van der Waals surface area contributed by atoms with Gasteiger partial charge in [0, 0.05) is 53.9 Å². The molecule has 0 amide bonds. The number of fused-ring (bicyclic) bond motifs is 1. The third-order valence-electron chi connectivity index (χ3n) is 5.16. The van der Waals surface area contributed by atoms with E-state index >= 15 is 0 Å². The lowest BCUT2D eigenvalue weighted by molar-refractivity contribution is 0.742. The molecule has 2 aromatic carbocycles. The zero-order valence-corrected chi connectivity index (χ0v) is 15.3. The lowest BCUT2D eigenvalue weighted by atomic mass is 10.1. The van der Waals surface area contributed by atoms with E-state index in [-0.39, 0.29) is 0 Å². The summed E-state index contributed by atoms with van der Waals surface area (Å²) in [5, 5.41) is 7.99. The molecule has 5 nitrogen and oxygen atoms in total. The largest absolute Gasteiger partial charge is 0.370 e. The summed E-state index contributed by atoms with van der Waals surface area (Å²) < 4.78 is 0. The highest BCUT2D eigenvalue weighted by atomic mass is 15.0. The second-order valence-corrected chi connectivity index (χ2v) is 7.08. The van der Waals surface area contributed by atoms with E-state index in [2.05, 4.69) is 74.1 Å². The fourth-order valence-electron chi connectivity index (χ4n) is 3.69. The zero-order chi connectivity index (χ0) is 18.1. The SMILES string of the molecule is c1cc(-c2cc3ccc(C4=NCCCN4)cc3[nH]2)ccc1C1=NCCCN1. The first-order chi connectivity index (χ1) is 13.4. The molecular formula is C22H23N5. The maximum atomic E-state index is 4.60. The Bertz CT molecular complexity index is 1030. The molecule has 136 valence electrons. The topological polar surface area (TPSA) is 64.6 Å². The number of H-pyrrole nitrogens is 1. The van der Waals surface area contributed by atoms with E-state index in [1.165, 1.54) is 10.9 Å². The molecule has 0 bridgehead atoms. The number of aromatic amines is 1. The van der Waals surface area contributed by atoms with Crippen LogP contribution in [0.4, 0.5) is 0 Å². The van der Waals surface area contributed by atoms with E-state index in [1.807, 2.05) is 0 Å². The van der Waals surface area contributed by atoms with Crippen molar-refractivity contribution in [1.82, 2.24) is 15.6 Å². The molecule has 0 saturated carbocycles. The van der Waals surface area contributed by atoms with Crippen molar-refractivity contribution < 1.29 is 0 Å². The molecule has 2 aliphatic rings. The van der Waals surface area contributed by atoms with Crippen molar-refractivity contribution in [2.45, 2.75) is 12.8 Å². The van der Waals surface area contributed by atoms with Crippen LogP contribution >= 0.6 is 0 Å². The zero-order valence-electron chi connectivity index (χ0n) is 15.3. The average Bonchev–Trinajstić information content (AvgIpc) is 3.18. The summed E-state index contributed by atoms with van der Waals surface area (Å²) in [7, 11) is 0. The van der Waals surface area contributed by atoms with Gasteiger partial charge in [-0.2, -0.15) is 0 Å². The van der Waals surface area contributed by atoms with Crippen LogP contribution in [0.25, 0.3) is 22.2 Å². The Balaban J connectivity index is 1.44. The van der Waals surface area contributed by atoms with Gasteiger partial charge in [-0.1, -0.05) is 36.4 Å². The number of aliphatic imine (C=N–C) groups is 2. The smallest absolute Gasteiger partial charge is 0.128 e. The molecule has 3 heterocycles. The third-order valence-corrected chi connectivity index (χ3v) is 5.16. The Morgan fingerprint density at radius 2 is 1.30 bits per heavy atom.